The van der Waals surface area contributed by atoms with E-state index >= 15 is 0 Å². The summed E-state index contributed by atoms with van der Waals surface area (Å²) in [4.78, 5) is 13.1. The van der Waals surface area contributed by atoms with Crippen LogP contribution in [0.3, 0.4) is 0 Å². The maximum absolute atomic E-state index is 12.1. The number of nitrogens with one attached hydrogen (secondary N) is 1. The Morgan fingerprint density at radius 1 is 1.22 bits per heavy atom. The molecular formula is C18H20N2O2S. The van der Waals surface area contributed by atoms with Crippen molar-refractivity contribution in [3.8, 4) is 5.75 Å². The van der Waals surface area contributed by atoms with E-state index < -0.39 is 0 Å². The SMILES string of the molecule is COc1ccccc1/C=N\NC(=O)[C@H](C)Sc1ccc(C)cc1. The first kappa shape index (κ1) is 17.1. The molecule has 0 saturated heterocycles. The van der Waals surface area contributed by atoms with Gasteiger partial charge in [0.1, 0.15) is 5.75 Å². The van der Waals surface area contributed by atoms with Crippen molar-refractivity contribution in [2.45, 2.75) is 24.0 Å². The van der Waals surface area contributed by atoms with Gasteiger partial charge < -0.3 is 4.74 Å². The lowest BCUT2D eigenvalue weighted by atomic mass is 10.2. The van der Waals surface area contributed by atoms with Crippen LogP contribution in [0.5, 0.6) is 5.75 Å². The maximum atomic E-state index is 12.1. The summed E-state index contributed by atoms with van der Waals surface area (Å²) >= 11 is 1.50. The molecule has 0 saturated carbocycles. The third kappa shape index (κ3) is 5.14. The van der Waals surface area contributed by atoms with Gasteiger partial charge in [-0.05, 0) is 38.1 Å². The number of carbonyl (C=O) groups excluding carboxylic acids is 1. The van der Waals surface area contributed by atoms with Gasteiger partial charge in [0.2, 0.25) is 0 Å². The van der Waals surface area contributed by atoms with Gasteiger partial charge in [-0.2, -0.15) is 5.10 Å². The zero-order chi connectivity index (χ0) is 16.7. The Bertz CT molecular complexity index is 684. The van der Waals surface area contributed by atoms with Crippen molar-refractivity contribution in [1.29, 1.82) is 0 Å². The summed E-state index contributed by atoms with van der Waals surface area (Å²) in [5.74, 6) is 0.578. The molecule has 0 aliphatic heterocycles. The smallest absolute Gasteiger partial charge is 0.253 e. The number of nitrogens with zero attached hydrogens (tertiary/aromatic N) is 1. The molecule has 0 bridgehead atoms. The Labute approximate surface area is 140 Å². The van der Waals surface area contributed by atoms with Crippen LogP contribution in [0.15, 0.2) is 58.5 Å². The van der Waals surface area contributed by atoms with Crippen LogP contribution in [0, 0.1) is 6.92 Å². The number of ether oxygens (including phenoxy) is 1. The Hall–Kier alpha value is -2.27. The Kier molecular flexibility index (Phi) is 6.23. The van der Waals surface area contributed by atoms with Crippen LogP contribution < -0.4 is 10.2 Å². The predicted octanol–water partition coefficient (Wildman–Crippen LogP) is 3.63. The van der Waals surface area contributed by atoms with Crippen molar-refractivity contribution in [2.24, 2.45) is 5.10 Å². The van der Waals surface area contributed by atoms with Crippen LogP contribution in [-0.4, -0.2) is 24.5 Å². The number of para-hydroxylation sites is 1. The summed E-state index contributed by atoms with van der Waals surface area (Å²) in [6.45, 7) is 3.90. The molecule has 5 heteroatoms. The van der Waals surface area contributed by atoms with Crippen molar-refractivity contribution in [2.75, 3.05) is 7.11 Å². The normalized spacial score (nSPS) is 12.1. The van der Waals surface area contributed by atoms with Crippen molar-refractivity contribution < 1.29 is 9.53 Å². The zero-order valence-corrected chi connectivity index (χ0v) is 14.3. The van der Waals surface area contributed by atoms with Gasteiger partial charge in [-0.25, -0.2) is 5.43 Å². The largest absolute Gasteiger partial charge is 0.496 e. The van der Waals surface area contributed by atoms with Gasteiger partial charge in [-0.15, -0.1) is 11.8 Å². The summed E-state index contributed by atoms with van der Waals surface area (Å²) in [5.41, 5.74) is 4.58. The van der Waals surface area contributed by atoms with Crippen LogP contribution in [0.2, 0.25) is 0 Å². The zero-order valence-electron chi connectivity index (χ0n) is 13.4. The van der Waals surface area contributed by atoms with Crippen LogP contribution in [-0.2, 0) is 4.79 Å². The minimum Gasteiger partial charge on any atom is -0.496 e. The molecule has 120 valence electrons. The highest BCUT2D eigenvalue weighted by Gasteiger charge is 2.13. The third-order valence-corrected chi connectivity index (χ3v) is 4.33. The molecule has 2 aromatic carbocycles. The molecule has 0 aliphatic carbocycles. The van der Waals surface area contributed by atoms with Crippen molar-refractivity contribution in [3.63, 3.8) is 0 Å². The number of rotatable bonds is 6. The quantitative estimate of drug-likeness (QED) is 0.500. The van der Waals surface area contributed by atoms with E-state index in [4.69, 9.17) is 4.74 Å². The molecule has 1 N–H and O–H groups in total. The molecule has 0 radical (unpaired) electrons. The lowest BCUT2D eigenvalue weighted by molar-refractivity contribution is -0.120. The first-order valence-electron chi connectivity index (χ1n) is 7.29. The number of carbonyl (C=O) groups is 1. The fourth-order valence-corrected chi connectivity index (χ4v) is 2.77. The lowest BCUT2D eigenvalue weighted by Crippen LogP contribution is -2.26. The van der Waals surface area contributed by atoms with Gasteiger partial charge >= 0.3 is 0 Å². The Morgan fingerprint density at radius 2 is 1.91 bits per heavy atom. The number of aryl methyl sites for hydroxylation is 1. The monoisotopic (exact) mass is 328 g/mol. The first-order chi connectivity index (χ1) is 11.1. The minimum absolute atomic E-state index is 0.137. The van der Waals surface area contributed by atoms with Gasteiger partial charge in [0.25, 0.3) is 5.91 Å². The maximum Gasteiger partial charge on any atom is 0.253 e. The number of methoxy groups -OCH3 is 1. The fourth-order valence-electron chi connectivity index (χ4n) is 1.90. The van der Waals surface area contributed by atoms with Crippen LogP contribution in [0.1, 0.15) is 18.1 Å². The topological polar surface area (TPSA) is 50.7 Å². The van der Waals surface area contributed by atoms with Crippen LogP contribution in [0.25, 0.3) is 0 Å². The minimum atomic E-state index is -0.229. The fraction of sp³-hybridized carbons (Fsp3) is 0.222. The molecule has 0 spiro atoms. The second-order valence-corrected chi connectivity index (χ2v) is 6.46. The van der Waals surface area contributed by atoms with E-state index in [0.717, 1.165) is 10.5 Å². The molecular weight excluding hydrogens is 308 g/mol. The highest BCUT2D eigenvalue weighted by atomic mass is 32.2. The Balaban J connectivity index is 1.90. The van der Waals surface area contributed by atoms with Gasteiger partial charge in [0.15, 0.2) is 0 Å². The van der Waals surface area contributed by atoms with E-state index in [1.807, 2.05) is 62.4 Å². The lowest BCUT2D eigenvalue weighted by Gasteiger charge is -2.09. The van der Waals surface area contributed by atoms with Crippen LogP contribution in [0.4, 0.5) is 0 Å². The first-order valence-corrected chi connectivity index (χ1v) is 8.17. The Morgan fingerprint density at radius 3 is 2.61 bits per heavy atom. The van der Waals surface area contributed by atoms with E-state index in [0.29, 0.717) is 5.75 Å². The third-order valence-electron chi connectivity index (χ3n) is 3.22. The molecule has 0 heterocycles. The summed E-state index contributed by atoms with van der Waals surface area (Å²) in [5, 5.41) is 3.78. The number of thioether (sulfide) groups is 1. The molecule has 4 nitrogen and oxygen atoms in total. The van der Waals surface area contributed by atoms with E-state index in [-0.39, 0.29) is 11.2 Å². The molecule has 1 amide bonds. The van der Waals surface area contributed by atoms with Gasteiger partial charge in [-0.3, -0.25) is 4.79 Å². The second-order valence-electron chi connectivity index (χ2n) is 5.05. The van der Waals surface area contributed by atoms with E-state index in [1.54, 1.807) is 13.3 Å². The molecule has 0 unspecified atom stereocenters. The van der Waals surface area contributed by atoms with E-state index in [9.17, 15) is 4.79 Å². The number of hydrazone groups is 1. The van der Waals surface area contributed by atoms with Crippen molar-refractivity contribution in [1.82, 2.24) is 5.43 Å². The molecule has 2 aromatic rings. The average molecular weight is 328 g/mol. The molecule has 2 rings (SSSR count). The van der Waals surface area contributed by atoms with E-state index in [1.165, 1.54) is 17.3 Å². The van der Waals surface area contributed by atoms with Gasteiger partial charge in [0, 0.05) is 10.5 Å². The molecule has 1 atom stereocenters. The number of hydrogen-bond donors (Lipinski definition) is 1. The number of benzene rings is 2. The van der Waals surface area contributed by atoms with E-state index in [2.05, 4.69) is 10.5 Å². The van der Waals surface area contributed by atoms with Crippen molar-refractivity contribution in [3.05, 3.63) is 59.7 Å². The molecule has 0 aliphatic rings. The summed E-state index contributed by atoms with van der Waals surface area (Å²) in [6.07, 6.45) is 1.58. The summed E-state index contributed by atoms with van der Waals surface area (Å²) in [6, 6.07) is 15.6. The molecule has 23 heavy (non-hydrogen) atoms. The second kappa shape index (κ2) is 8.39. The molecule has 0 aromatic heterocycles. The predicted molar refractivity (Wildman–Crippen MR) is 95.2 cm³/mol. The summed E-state index contributed by atoms with van der Waals surface area (Å²) < 4.78 is 5.23. The van der Waals surface area contributed by atoms with Crippen molar-refractivity contribution >= 4 is 23.9 Å². The highest BCUT2D eigenvalue weighted by molar-refractivity contribution is 8.00. The summed E-state index contributed by atoms with van der Waals surface area (Å²) in [7, 11) is 1.60. The van der Waals surface area contributed by atoms with Gasteiger partial charge in [-0.1, -0.05) is 29.8 Å². The molecule has 0 fully saturated rings. The highest BCUT2D eigenvalue weighted by Crippen LogP contribution is 2.23. The average Bonchev–Trinajstić information content (AvgIpc) is 2.57. The standard InChI is InChI=1S/C18H20N2O2S/c1-13-8-10-16(11-9-13)23-14(2)18(21)20-19-12-15-6-4-5-7-17(15)22-3/h4-12,14H,1-3H3,(H,20,21)/b19-12-/t14-/m0/s1. The van der Waals surface area contributed by atoms with Gasteiger partial charge in [0.05, 0.1) is 18.6 Å². The van der Waals surface area contributed by atoms with Crippen LogP contribution >= 0.6 is 11.8 Å². The number of amides is 1. The number of hydrogen-bond acceptors (Lipinski definition) is 4.